The van der Waals surface area contributed by atoms with Gasteiger partial charge < -0.3 is 0 Å². The highest BCUT2D eigenvalue weighted by Gasteiger charge is 2.01. The normalized spacial score (nSPS) is 11.8. The van der Waals surface area contributed by atoms with Crippen molar-refractivity contribution in [3.8, 4) is 10.4 Å². The Hall–Kier alpha value is -0.760. The average molecular weight is 283 g/mol. The predicted octanol–water partition coefficient (Wildman–Crippen LogP) is 5.71. The summed E-state index contributed by atoms with van der Waals surface area (Å²) in [4.78, 5) is 2.48. The molecule has 0 unspecified atom stereocenters. The number of rotatable bonds is 3. The van der Waals surface area contributed by atoms with E-state index in [0.29, 0.717) is 5.88 Å². The van der Waals surface area contributed by atoms with Crippen LogP contribution in [0, 0.1) is 0 Å². The highest BCUT2D eigenvalue weighted by Crippen LogP contribution is 2.30. The third-order valence-electron chi connectivity index (χ3n) is 2.35. The van der Waals surface area contributed by atoms with E-state index >= 15 is 0 Å². The molecule has 1 aromatic heterocycles. The molecular weight excluding hydrogens is 271 g/mol. The highest BCUT2D eigenvalue weighted by molar-refractivity contribution is 7.16. The van der Waals surface area contributed by atoms with Crippen LogP contribution >= 0.6 is 34.5 Å². The maximum absolute atomic E-state index is 5.87. The molecule has 2 rings (SSSR count). The van der Waals surface area contributed by atoms with Gasteiger partial charge in [-0.1, -0.05) is 29.3 Å². The van der Waals surface area contributed by atoms with Gasteiger partial charge in [0.25, 0.3) is 0 Å². The van der Waals surface area contributed by atoms with Crippen LogP contribution in [0.25, 0.3) is 16.5 Å². The number of halogens is 2. The average Bonchev–Trinajstić information content (AvgIpc) is 2.78. The van der Waals surface area contributed by atoms with Crippen LogP contribution in [0.1, 0.15) is 11.8 Å². The Kier molecular flexibility index (Phi) is 4.27. The van der Waals surface area contributed by atoms with E-state index in [2.05, 4.69) is 18.2 Å². The predicted molar refractivity (Wildman–Crippen MR) is 79.1 cm³/mol. The monoisotopic (exact) mass is 282 g/mol. The molecule has 88 valence electrons. The van der Waals surface area contributed by atoms with Gasteiger partial charge in [-0.25, -0.2) is 0 Å². The van der Waals surface area contributed by atoms with Gasteiger partial charge in [0.05, 0.1) is 0 Å². The second-order valence-electron chi connectivity index (χ2n) is 3.83. The van der Waals surface area contributed by atoms with E-state index in [9.17, 15) is 0 Å². The van der Waals surface area contributed by atoms with E-state index in [1.807, 2.05) is 31.2 Å². The highest BCUT2D eigenvalue weighted by atomic mass is 35.5. The van der Waals surface area contributed by atoms with Crippen LogP contribution in [-0.2, 0) is 0 Å². The molecule has 1 aromatic carbocycles. The molecule has 0 N–H and O–H groups in total. The molecule has 17 heavy (non-hydrogen) atoms. The molecule has 0 fully saturated rings. The van der Waals surface area contributed by atoms with Crippen molar-refractivity contribution in [2.24, 2.45) is 0 Å². The lowest BCUT2D eigenvalue weighted by Gasteiger charge is -1.96. The van der Waals surface area contributed by atoms with Gasteiger partial charge in [0.1, 0.15) is 0 Å². The molecule has 0 bridgehead atoms. The Labute approximate surface area is 116 Å². The number of hydrogen-bond acceptors (Lipinski definition) is 1. The first-order valence-corrected chi connectivity index (χ1v) is 7.01. The summed E-state index contributed by atoms with van der Waals surface area (Å²) in [5.74, 6) is 0.578. The fourth-order valence-corrected chi connectivity index (χ4v) is 2.72. The van der Waals surface area contributed by atoms with Gasteiger partial charge >= 0.3 is 0 Å². The van der Waals surface area contributed by atoms with Crippen LogP contribution in [0.2, 0.25) is 5.02 Å². The molecule has 3 heteroatoms. The van der Waals surface area contributed by atoms with Gasteiger partial charge in [-0.05, 0) is 42.8 Å². The number of alkyl halides is 1. The third-order valence-corrected chi connectivity index (χ3v) is 4.11. The van der Waals surface area contributed by atoms with Crippen molar-refractivity contribution >= 4 is 40.6 Å². The quantitative estimate of drug-likeness (QED) is 0.633. The van der Waals surface area contributed by atoms with Crippen LogP contribution in [0.4, 0.5) is 0 Å². The number of benzene rings is 1. The maximum atomic E-state index is 5.87. The minimum Gasteiger partial charge on any atom is -0.136 e. The fraction of sp³-hybridized carbons (Fsp3) is 0.143. The zero-order valence-electron chi connectivity index (χ0n) is 9.41. The first-order chi connectivity index (χ1) is 8.19. The molecule has 0 spiro atoms. The molecule has 0 atom stereocenters. The molecule has 0 aliphatic carbocycles. The van der Waals surface area contributed by atoms with Crippen molar-refractivity contribution < 1.29 is 0 Å². The lowest BCUT2D eigenvalue weighted by molar-refractivity contribution is 1.44. The summed E-state index contributed by atoms with van der Waals surface area (Å²) in [7, 11) is 0. The summed E-state index contributed by atoms with van der Waals surface area (Å²) >= 11 is 13.4. The lowest BCUT2D eigenvalue weighted by Crippen LogP contribution is -1.73. The van der Waals surface area contributed by atoms with Crippen molar-refractivity contribution in [2.45, 2.75) is 6.92 Å². The van der Waals surface area contributed by atoms with Gasteiger partial charge in [0.15, 0.2) is 0 Å². The fourth-order valence-electron chi connectivity index (χ4n) is 1.48. The van der Waals surface area contributed by atoms with Crippen molar-refractivity contribution in [3.05, 3.63) is 51.9 Å². The Morgan fingerprint density at radius 2 is 1.88 bits per heavy atom. The van der Waals surface area contributed by atoms with Crippen molar-refractivity contribution in [2.75, 3.05) is 5.88 Å². The largest absolute Gasteiger partial charge is 0.136 e. The molecule has 0 aliphatic heterocycles. The van der Waals surface area contributed by atoms with E-state index in [4.69, 9.17) is 23.2 Å². The molecule has 0 nitrogen and oxygen atoms in total. The number of thiophene rings is 1. The van der Waals surface area contributed by atoms with Gasteiger partial charge in [-0.3, -0.25) is 0 Å². The van der Waals surface area contributed by atoms with Crippen molar-refractivity contribution in [1.29, 1.82) is 0 Å². The summed E-state index contributed by atoms with van der Waals surface area (Å²) in [6.45, 7) is 2.04. The summed E-state index contributed by atoms with van der Waals surface area (Å²) in [6.07, 6.45) is 2.12. The van der Waals surface area contributed by atoms with E-state index in [0.717, 1.165) is 5.02 Å². The standard InChI is InChI=1S/C14H12Cl2S/c1-10(9-15)8-13-6-7-14(17-13)11-2-4-12(16)5-3-11/h2-8H,9H2,1H3. The van der Waals surface area contributed by atoms with E-state index < -0.39 is 0 Å². The first-order valence-electron chi connectivity index (χ1n) is 5.28. The van der Waals surface area contributed by atoms with Crippen LogP contribution in [-0.4, -0.2) is 5.88 Å². The Morgan fingerprint density at radius 1 is 1.18 bits per heavy atom. The SMILES string of the molecule is CC(=Cc1ccc(-c2ccc(Cl)cc2)s1)CCl. The minimum absolute atomic E-state index is 0.578. The minimum atomic E-state index is 0.578. The van der Waals surface area contributed by atoms with Gasteiger partial charge in [-0.2, -0.15) is 0 Å². The smallest absolute Gasteiger partial charge is 0.0434 e. The molecule has 0 saturated heterocycles. The van der Waals surface area contributed by atoms with Crippen LogP contribution < -0.4 is 0 Å². The lowest BCUT2D eigenvalue weighted by atomic mass is 10.2. The van der Waals surface area contributed by atoms with Gasteiger partial charge in [-0.15, -0.1) is 22.9 Å². The molecule has 1 heterocycles. The van der Waals surface area contributed by atoms with Crippen LogP contribution in [0.5, 0.6) is 0 Å². The molecule has 0 aliphatic rings. The summed E-state index contributed by atoms with van der Waals surface area (Å²) in [5.41, 5.74) is 2.37. The van der Waals surface area contributed by atoms with Crippen molar-refractivity contribution in [3.63, 3.8) is 0 Å². The van der Waals surface area contributed by atoms with Gasteiger partial charge in [0, 0.05) is 20.7 Å². The number of allylic oxidation sites excluding steroid dienone is 1. The van der Waals surface area contributed by atoms with E-state index in [1.54, 1.807) is 11.3 Å². The Morgan fingerprint density at radius 3 is 2.53 bits per heavy atom. The maximum Gasteiger partial charge on any atom is 0.0434 e. The second-order valence-corrected chi connectivity index (χ2v) is 5.65. The molecule has 2 aromatic rings. The molecule has 0 radical (unpaired) electrons. The Bertz CT molecular complexity index is 523. The molecule has 0 saturated carbocycles. The Balaban J connectivity index is 2.27. The van der Waals surface area contributed by atoms with Crippen LogP contribution in [0.3, 0.4) is 0 Å². The second kappa shape index (κ2) is 5.72. The van der Waals surface area contributed by atoms with E-state index in [-0.39, 0.29) is 0 Å². The van der Waals surface area contributed by atoms with E-state index in [1.165, 1.54) is 20.9 Å². The van der Waals surface area contributed by atoms with Crippen molar-refractivity contribution in [1.82, 2.24) is 0 Å². The zero-order valence-corrected chi connectivity index (χ0v) is 11.7. The molecule has 0 amide bonds. The van der Waals surface area contributed by atoms with Gasteiger partial charge in [0.2, 0.25) is 0 Å². The third kappa shape index (κ3) is 3.35. The topological polar surface area (TPSA) is 0 Å². The zero-order chi connectivity index (χ0) is 12.3. The summed E-state index contributed by atoms with van der Waals surface area (Å²) in [6, 6.07) is 12.1. The summed E-state index contributed by atoms with van der Waals surface area (Å²) < 4.78 is 0. The summed E-state index contributed by atoms with van der Waals surface area (Å²) in [5, 5.41) is 0.767. The first kappa shape index (κ1) is 12.7. The molecular formula is C14H12Cl2S. The number of hydrogen-bond donors (Lipinski definition) is 0. The van der Waals surface area contributed by atoms with Crippen LogP contribution in [0.15, 0.2) is 42.0 Å².